The third-order valence-corrected chi connectivity index (χ3v) is 4.57. The highest BCUT2D eigenvalue weighted by atomic mass is 16.1. The number of Topliss-reactive ketones (excluding diaryl/α,β-unsaturated/α-hetero) is 2. The van der Waals surface area contributed by atoms with Crippen molar-refractivity contribution >= 4 is 11.6 Å². The van der Waals surface area contributed by atoms with E-state index in [2.05, 4.69) is 20.8 Å². The van der Waals surface area contributed by atoms with E-state index < -0.39 is 0 Å². The Morgan fingerprint density at radius 1 is 1.00 bits per heavy atom. The molecule has 3 rings (SSSR count). The zero-order valence-electron chi connectivity index (χ0n) is 12.3. The molecule has 0 saturated carbocycles. The molecule has 1 aromatic rings. The van der Waals surface area contributed by atoms with Crippen molar-refractivity contribution in [3.8, 4) is 0 Å². The van der Waals surface area contributed by atoms with Gasteiger partial charge in [0.05, 0.1) is 0 Å². The smallest absolute Gasteiger partial charge is 0.190 e. The minimum Gasteiger partial charge on any atom is -0.289 e. The number of ketones is 2. The Balaban J connectivity index is 2.20. The molecule has 2 aliphatic rings. The first kappa shape index (κ1) is 13.3. The van der Waals surface area contributed by atoms with Gasteiger partial charge < -0.3 is 0 Å². The molecular weight excluding hydrogens is 248 g/mol. The molecule has 0 amide bonds. The lowest BCUT2D eigenvalue weighted by Gasteiger charge is -2.38. The number of fused-ring (bicyclic) bond motifs is 1. The van der Waals surface area contributed by atoms with Crippen molar-refractivity contribution in [2.45, 2.75) is 40.0 Å². The maximum atomic E-state index is 12.8. The van der Waals surface area contributed by atoms with Gasteiger partial charge >= 0.3 is 0 Å². The molecule has 0 fully saturated rings. The Labute approximate surface area is 119 Å². The number of rotatable bonds is 0. The summed E-state index contributed by atoms with van der Waals surface area (Å²) in [7, 11) is 0. The van der Waals surface area contributed by atoms with Crippen molar-refractivity contribution in [1.29, 1.82) is 0 Å². The van der Waals surface area contributed by atoms with Gasteiger partial charge in [0.25, 0.3) is 0 Å². The third-order valence-electron chi connectivity index (χ3n) is 4.57. The molecule has 2 aliphatic carbocycles. The molecule has 2 heteroatoms. The fourth-order valence-corrected chi connectivity index (χ4v) is 3.56. The average Bonchev–Trinajstić information content (AvgIpc) is 2.43. The summed E-state index contributed by atoms with van der Waals surface area (Å²) >= 11 is 0. The van der Waals surface area contributed by atoms with Crippen LogP contribution in [0.5, 0.6) is 0 Å². The lowest BCUT2D eigenvalue weighted by molar-refractivity contribution is 0.0932. The fourth-order valence-electron chi connectivity index (χ4n) is 3.56. The van der Waals surface area contributed by atoms with E-state index in [0.717, 1.165) is 30.4 Å². The summed E-state index contributed by atoms with van der Waals surface area (Å²) in [6, 6.07) is 7.23. The largest absolute Gasteiger partial charge is 0.289 e. The van der Waals surface area contributed by atoms with Gasteiger partial charge in [0.2, 0.25) is 0 Å². The van der Waals surface area contributed by atoms with E-state index in [9.17, 15) is 9.59 Å². The maximum Gasteiger partial charge on any atom is 0.190 e. The van der Waals surface area contributed by atoms with Crippen LogP contribution in [0.3, 0.4) is 0 Å². The summed E-state index contributed by atoms with van der Waals surface area (Å²) in [5.41, 5.74) is 2.77. The van der Waals surface area contributed by atoms with E-state index in [1.807, 2.05) is 12.1 Å². The Morgan fingerprint density at radius 3 is 2.20 bits per heavy atom. The van der Waals surface area contributed by atoms with Gasteiger partial charge in [0.1, 0.15) is 0 Å². The molecular formula is C18H20O2. The first-order valence-corrected chi connectivity index (χ1v) is 7.32. The van der Waals surface area contributed by atoms with Crippen LogP contribution < -0.4 is 0 Å². The van der Waals surface area contributed by atoms with Crippen molar-refractivity contribution in [2.24, 2.45) is 11.3 Å². The van der Waals surface area contributed by atoms with Crippen LogP contribution in [0.4, 0.5) is 0 Å². The lowest BCUT2D eigenvalue weighted by atomic mass is 9.64. The van der Waals surface area contributed by atoms with E-state index in [0.29, 0.717) is 11.1 Å². The Bertz CT molecular complexity index is 629. The van der Waals surface area contributed by atoms with Crippen LogP contribution in [0.1, 0.15) is 60.7 Å². The van der Waals surface area contributed by atoms with Gasteiger partial charge in [0.15, 0.2) is 11.6 Å². The zero-order valence-corrected chi connectivity index (χ0v) is 12.3. The van der Waals surface area contributed by atoms with Crippen LogP contribution in [0.15, 0.2) is 35.4 Å². The molecule has 1 atom stereocenters. The summed E-state index contributed by atoms with van der Waals surface area (Å²) in [6.07, 6.45) is 2.76. The van der Waals surface area contributed by atoms with Crippen molar-refractivity contribution in [1.82, 2.24) is 0 Å². The molecule has 1 unspecified atom stereocenters. The lowest BCUT2D eigenvalue weighted by Crippen LogP contribution is -2.34. The molecule has 0 N–H and O–H groups in total. The second-order valence-corrected chi connectivity index (χ2v) is 6.91. The van der Waals surface area contributed by atoms with Gasteiger partial charge in [-0.05, 0) is 30.6 Å². The number of hydrogen-bond acceptors (Lipinski definition) is 2. The molecule has 1 aromatic carbocycles. The normalized spacial score (nSPS) is 22.6. The number of carbonyl (C=O) groups excluding carboxylic acids is 2. The van der Waals surface area contributed by atoms with Crippen LogP contribution in [0.25, 0.3) is 0 Å². The predicted octanol–water partition coefficient (Wildman–Crippen LogP) is 4.21. The molecule has 0 aromatic heterocycles. The molecule has 20 heavy (non-hydrogen) atoms. The van der Waals surface area contributed by atoms with Crippen LogP contribution in [0.2, 0.25) is 0 Å². The number of hydrogen-bond donors (Lipinski definition) is 0. The van der Waals surface area contributed by atoms with Crippen LogP contribution in [0, 0.1) is 11.3 Å². The molecule has 104 valence electrons. The quantitative estimate of drug-likeness (QED) is 0.706. The standard InChI is InChI=1S/C18H20O2/c1-18(2,3)14-10-6-9-13-15(14)17(20)12-8-5-4-7-11(12)16(13)19/h4-5,7-8,14H,6,9-10H2,1-3H3. The summed E-state index contributed by atoms with van der Waals surface area (Å²) in [5, 5.41) is 0. The Kier molecular flexibility index (Phi) is 2.93. The molecule has 0 heterocycles. The number of benzene rings is 1. The average molecular weight is 268 g/mol. The molecule has 0 aliphatic heterocycles. The van der Waals surface area contributed by atoms with Crippen LogP contribution >= 0.6 is 0 Å². The zero-order chi connectivity index (χ0) is 14.5. The minimum absolute atomic E-state index is 0.0171. The highest BCUT2D eigenvalue weighted by Gasteiger charge is 2.41. The topological polar surface area (TPSA) is 34.1 Å². The summed E-state index contributed by atoms with van der Waals surface area (Å²) in [5.74, 6) is 0.343. The SMILES string of the molecule is CC(C)(C)C1CCCC2=C1C(=O)c1ccccc1C2=O. The molecule has 0 bridgehead atoms. The van der Waals surface area contributed by atoms with E-state index in [1.54, 1.807) is 12.1 Å². The van der Waals surface area contributed by atoms with Crippen molar-refractivity contribution in [3.05, 3.63) is 46.5 Å². The Morgan fingerprint density at radius 2 is 1.60 bits per heavy atom. The summed E-state index contributed by atoms with van der Waals surface area (Å²) < 4.78 is 0. The monoisotopic (exact) mass is 268 g/mol. The van der Waals surface area contributed by atoms with Gasteiger partial charge in [-0.15, -0.1) is 0 Å². The number of allylic oxidation sites excluding steroid dienone is 2. The molecule has 0 radical (unpaired) electrons. The van der Waals surface area contributed by atoms with E-state index in [1.165, 1.54) is 0 Å². The first-order chi connectivity index (χ1) is 9.41. The molecule has 0 saturated heterocycles. The van der Waals surface area contributed by atoms with E-state index in [4.69, 9.17) is 0 Å². The predicted molar refractivity (Wildman–Crippen MR) is 78.9 cm³/mol. The Hall–Kier alpha value is -1.70. The van der Waals surface area contributed by atoms with Crippen molar-refractivity contribution in [2.75, 3.05) is 0 Å². The second-order valence-electron chi connectivity index (χ2n) is 6.91. The van der Waals surface area contributed by atoms with Crippen LogP contribution in [-0.4, -0.2) is 11.6 Å². The van der Waals surface area contributed by atoms with Gasteiger partial charge in [-0.25, -0.2) is 0 Å². The minimum atomic E-state index is 0.0171. The van der Waals surface area contributed by atoms with Crippen LogP contribution in [-0.2, 0) is 0 Å². The molecule has 2 nitrogen and oxygen atoms in total. The number of carbonyl (C=O) groups is 2. The summed E-state index contributed by atoms with van der Waals surface area (Å²) in [4.78, 5) is 25.5. The van der Waals surface area contributed by atoms with Crippen molar-refractivity contribution < 1.29 is 9.59 Å². The third kappa shape index (κ3) is 1.86. The van der Waals surface area contributed by atoms with Gasteiger partial charge in [0, 0.05) is 22.3 Å². The van der Waals surface area contributed by atoms with Gasteiger partial charge in [-0.2, -0.15) is 0 Å². The molecule has 0 spiro atoms. The van der Waals surface area contributed by atoms with Crippen molar-refractivity contribution in [3.63, 3.8) is 0 Å². The van der Waals surface area contributed by atoms with Gasteiger partial charge in [-0.1, -0.05) is 45.0 Å². The fraction of sp³-hybridized carbons (Fsp3) is 0.444. The maximum absolute atomic E-state index is 12.8. The van der Waals surface area contributed by atoms with E-state index >= 15 is 0 Å². The summed E-state index contributed by atoms with van der Waals surface area (Å²) in [6.45, 7) is 6.48. The first-order valence-electron chi connectivity index (χ1n) is 7.32. The van der Waals surface area contributed by atoms with E-state index in [-0.39, 0.29) is 22.9 Å². The highest BCUT2D eigenvalue weighted by Crippen LogP contribution is 2.45. The van der Waals surface area contributed by atoms with Gasteiger partial charge in [-0.3, -0.25) is 9.59 Å². The second kappa shape index (κ2) is 4.41. The highest BCUT2D eigenvalue weighted by molar-refractivity contribution is 6.27.